The minimum atomic E-state index is 0.158. The molecule has 1 heterocycles. The van der Waals surface area contributed by atoms with E-state index in [2.05, 4.69) is 47.8 Å². The number of benzene rings is 2. The van der Waals surface area contributed by atoms with Gasteiger partial charge >= 0.3 is 0 Å². The zero-order valence-electron chi connectivity index (χ0n) is 9.89. The van der Waals surface area contributed by atoms with Crippen LogP contribution in [-0.4, -0.2) is 25.3 Å². The normalized spacial score (nSPS) is 21.1. The van der Waals surface area contributed by atoms with E-state index in [9.17, 15) is 0 Å². The lowest BCUT2D eigenvalue weighted by Crippen LogP contribution is -2.26. The Bertz CT molecular complexity index is 521. The Morgan fingerprint density at radius 3 is 2.88 bits per heavy atom. The maximum atomic E-state index is 5.40. The largest absolute Gasteiger partial charge is 0.300 e. The van der Waals surface area contributed by atoms with Crippen molar-refractivity contribution in [2.75, 3.05) is 20.2 Å². The van der Waals surface area contributed by atoms with Gasteiger partial charge in [-0.15, -0.1) is 0 Å². The molecule has 1 unspecified atom stereocenters. The highest BCUT2D eigenvalue weighted by Gasteiger charge is 2.26. The maximum absolute atomic E-state index is 5.40. The molecule has 2 aromatic carbocycles. The van der Waals surface area contributed by atoms with Crippen LogP contribution in [0.15, 0.2) is 42.5 Å². The summed E-state index contributed by atoms with van der Waals surface area (Å²) >= 11 is 0. The van der Waals surface area contributed by atoms with Crippen molar-refractivity contribution < 1.29 is 4.84 Å². The van der Waals surface area contributed by atoms with Gasteiger partial charge in [-0.3, -0.25) is 5.32 Å². The molecule has 0 aromatic heterocycles. The zero-order chi connectivity index (χ0) is 11.7. The van der Waals surface area contributed by atoms with Crippen molar-refractivity contribution >= 4 is 10.8 Å². The first-order chi connectivity index (χ1) is 8.40. The number of hydrogen-bond acceptors (Lipinski definition) is 3. The number of hydrogen-bond donors (Lipinski definition) is 1. The van der Waals surface area contributed by atoms with Crippen LogP contribution in [0.2, 0.25) is 0 Å². The summed E-state index contributed by atoms with van der Waals surface area (Å²) < 4.78 is 0. The van der Waals surface area contributed by atoms with E-state index in [0.29, 0.717) is 0 Å². The number of rotatable bonds is 2. The monoisotopic (exact) mass is 228 g/mol. The molecule has 0 aliphatic carbocycles. The Morgan fingerprint density at radius 2 is 2.00 bits per heavy atom. The fraction of sp³-hybridized carbons (Fsp3) is 0.286. The predicted molar refractivity (Wildman–Crippen MR) is 68.4 cm³/mol. The quantitative estimate of drug-likeness (QED) is 0.853. The van der Waals surface area contributed by atoms with E-state index in [4.69, 9.17) is 4.84 Å². The Morgan fingerprint density at radius 1 is 1.18 bits per heavy atom. The van der Waals surface area contributed by atoms with Crippen molar-refractivity contribution in [2.45, 2.75) is 6.17 Å². The third-order valence-corrected chi connectivity index (χ3v) is 3.31. The molecular formula is C14H16N2O. The van der Waals surface area contributed by atoms with Crippen molar-refractivity contribution in [2.24, 2.45) is 0 Å². The minimum Gasteiger partial charge on any atom is -0.300 e. The highest BCUT2D eigenvalue weighted by atomic mass is 16.7. The molecule has 0 saturated carbocycles. The van der Waals surface area contributed by atoms with Crippen LogP contribution >= 0.6 is 0 Å². The van der Waals surface area contributed by atoms with E-state index in [0.717, 1.165) is 13.1 Å². The van der Waals surface area contributed by atoms with Gasteiger partial charge < -0.3 is 4.84 Å². The standard InChI is InChI=1S/C14H16N2O/c1-17-16-10-9-15-14(16)13-8-4-6-11-5-2-3-7-12(11)13/h2-8,14-15H,9-10H2,1H3. The molecule has 1 N–H and O–H groups in total. The Kier molecular flexibility index (Phi) is 2.81. The van der Waals surface area contributed by atoms with Crippen LogP contribution in [0.4, 0.5) is 0 Å². The molecule has 17 heavy (non-hydrogen) atoms. The molecule has 88 valence electrons. The van der Waals surface area contributed by atoms with Crippen LogP contribution in [-0.2, 0) is 4.84 Å². The molecule has 1 atom stereocenters. The molecule has 3 nitrogen and oxygen atoms in total. The van der Waals surface area contributed by atoms with Gasteiger partial charge in [0.05, 0.1) is 7.11 Å². The van der Waals surface area contributed by atoms with E-state index < -0.39 is 0 Å². The van der Waals surface area contributed by atoms with Crippen LogP contribution in [0.1, 0.15) is 11.7 Å². The molecule has 1 aliphatic heterocycles. The first-order valence-electron chi connectivity index (χ1n) is 5.92. The fourth-order valence-electron chi connectivity index (χ4n) is 2.49. The molecule has 1 saturated heterocycles. The topological polar surface area (TPSA) is 24.5 Å². The van der Waals surface area contributed by atoms with Crippen molar-refractivity contribution in [1.82, 2.24) is 10.4 Å². The van der Waals surface area contributed by atoms with Crippen molar-refractivity contribution in [3.8, 4) is 0 Å². The number of fused-ring (bicyclic) bond motifs is 1. The smallest absolute Gasteiger partial charge is 0.111 e. The average Bonchev–Trinajstić information content (AvgIpc) is 2.86. The van der Waals surface area contributed by atoms with Crippen LogP contribution in [0.5, 0.6) is 0 Å². The van der Waals surface area contributed by atoms with Crippen LogP contribution in [0.25, 0.3) is 10.8 Å². The summed E-state index contributed by atoms with van der Waals surface area (Å²) in [6, 6.07) is 14.9. The Labute approximate surface area is 101 Å². The van der Waals surface area contributed by atoms with Gasteiger partial charge in [-0.25, -0.2) is 0 Å². The van der Waals surface area contributed by atoms with Crippen LogP contribution in [0.3, 0.4) is 0 Å². The Balaban J connectivity index is 2.10. The van der Waals surface area contributed by atoms with E-state index in [1.807, 2.05) is 5.06 Å². The molecule has 0 radical (unpaired) electrons. The molecule has 2 aromatic rings. The lowest BCUT2D eigenvalue weighted by Gasteiger charge is -2.23. The van der Waals surface area contributed by atoms with Crippen molar-refractivity contribution in [3.05, 3.63) is 48.0 Å². The maximum Gasteiger partial charge on any atom is 0.111 e. The van der Waals surface area contributed by atoms with Gasteiger partial charge in [-0.1, -0.05) is 42.5 Å². The first kappa shape index (κ1) is 10.7. The van der Waals surface area contributed by atoms with Crippen molar-refractivity contribution in [1.29, 1.82) is 0 Å². The summed E-state index contributed by atoms with van der Waals surface area (Å²) in [5, 5.41) is 8.02. The molecule has 0 bridgehead atoms. The first-order valence-corrected chi connectivity index (χ1v) is 5.92. The fourth-order valence-corrected chi connectivity index (χ4v) is 2.49. The number of hydroxylamine groups is 2. The molecule has 0 amide bonds. The summed E-state index contributed by atoms with van der Waals surface area (Å²) in [7, 11) is 1.73. The molecule has 0 spiro atoms. The average molecular weight is 228 g/mol. The van der Waals surface area contributed by atoms with Gasteiger partial charge in [-0.05, 0) is 16.3 Å². The SMILES string of the molecule is CON1CCNC1c1cccc2ccccc12. The number of nitrogens with one attached hydrogen (secondary N) is 1. The minimum absolute atomic E-state index is 0.158. The van der Waals surface area contributed by atoms with Gasteiger partial charge in [0.15, 0.2) is 0 Å². The molecule has 1 fully saturated rings. The van der Waals surface area contributed by atoms with Gasteiger partial charge in [0.1, 0.15) is 6.17 Å². The lowest BCUT2D eigenvalue weighted by atomic mass is 10.0. The van der Waals surface area contributed by atoms with Crippen LogP contribution in [0, 0.1) is 0 Å². The second-order valence-corrected chi connectivity index (χ2v) is 4.25. The van der Waals surface area contributed by atoms with E-state index in [1.165, 1.54) is 16.3 Å². The Hall–Kier alpha value is -1.42. The summed E-state index contributed by atoms with van der Waals surface area (Å²) in [6.45, 7) is 1.88. The van der Waals surface area contributed by atoms with Crippen LogP contribution < -0.4 is 5.32 Å². The predicted octanol–water partition coefficient (Wildman–Crippen LogP) is 2.30. The van der Waals surface area contributed by atoms with Crippen molar-refractivity contribution in [3.63, 3.8) is 0 Å². The molecule has 1 aliphatic rings. The van der Waals surface area contributed by atoms with E-state index in [1.54, 1.807) is 7.11 Å². The summed E-state index contributed by atoms with van der Waals surface area (Å²) in [4.78, 5) is 5.40. The third kappa shape index (κ3) is 1.82. The van der Waals surface area contributed by atoms with Gasteiger partial charge in [0, 0.05) is 13.1 Å². The highest BCUT2D eigenvalue weighted by Crippen LogP contribution is 2.28. The zero-order valence-corrected chi connectivity index (χ0v) is 9.89. The van der Waals surface area contributed by atoms with E-state index in [-0.39, 0.29) is 6.17 Å². The van der Waals surface area contributed by atoms with E-state index >= 15 is 0 Å². The highest BCUT2D eigenvalue weighted by molar-refractivity contribution is 5.86. The lowest BCUT2D eigenvalue weighted by molar-refractivity contribution is -0.145. The number of nitrogens with zero attached hydrogens (tertiary/aromatic N) is 1. The summed E-state index contributed by atoms with van der Waals surface area (Å²) in [6.07, 6.45) is 0.158. The summed E-state index contributed by atoms with van der Waals surface area (Å²) in [5.41, 5.74) is 1.28. The second-order valence-electron chi connectivity index (χ2n) is 4.25. The molecular weight excluding hydrogens is 212 g/mol. The second kappa shape index (κ2) is 4.45. The molecule has 3 rings (SSSR count). The molecule has 3 heteroatoms. The van der Waals surface area contributed by atoms with Gasteiger partial charge in [-0.2, -0.15) is 5.06 Å². The third-order valence-electron chi connectivity index (χ3n) is 3.31. The van der Waals surface area contributed by atoms with Gasteiger partial charge in [0.25, 0.3) is 0 Å². The van der Waals surface area contributed by atoms with Gasteiger partial charge in [0.2, 0.25) is 0 Å². The summed E-state index contributed by atoms with van der Waals surface area (Å²) in [5.74, 6) is 0.